The molecule has 6 nitrogen and oxygen atoms in total. The Labute approximate surface area is 142 Å². The molecule has 3 aromatic rings. The van der Waals surface area contributed by atoms with Crippen LogP contribution in [0.1, 0.15) is 11.4 Å². The predicted molar refractivity (Wildman–Crippen MR) is 91.8 cm³/mol. The molecule has 1 aliphatic rings. The fourth-order valence-corrected chi connectivity index (χ4v) is 2.86. The molecular weight excluding hydrogens is 321 g/mol. The minimum absolute atomic E-state index is 0.00823. The molecule has 3 N–H and O–H groups in total. The molecule has 7 heteroatoms. The van der Waals surface area contributed by atoms with Crippen LogP contribution in [0.3, 0.4) is 0 Å². The maximum Gasteiger partial charge on any atom is 0.145 e. The molecule has 0 saturated carbocycles. The van der Waals surface area contributed by atoms with Gasteiger partial charge in [0.2, 0.25) is 0 Å². The van der Waals surface area contributed by atoms with Gasteiger partial charge < -0.3 is 15.0 Å². The zero-order valence-electron chi connectivity index (χ0n) is 12.9. The zero-order chi connectivity index (χ0) is 17.6. The summed E-state index contributed by atoms with van der Waals surface area (Å²) < 4.78 is 13.3. The van der Waals surface area contributed by atoms with Crippen molar-refractivity contribution < 1.29 is 9.50 Å². The second-order valence-corrected chi connectivity index (χ2v) is 5.66. The van der Waals surface area contributed by atoms with Gasteiger partial charge in [-0.25, -0.2) is 9.37 Å². The highest BCUT2D eigenvalue weighted by atomic mass is 19.1. The van der Waals surface area contributed by atoms with Crippen molar-refractivity contribution in [2.75, 3.05) is 11.4 Å². The number of aromatic nitrogens is 2. The van der Waals surface area contributed by atoms with Crippen molar-refractivity contribution in [2.24, 2.45) is 0 Å². The predicted octanol–water partition coefficient (Wildman–Crippen LogP) is 3.34. The third-order valence-electron chi connectivity index (χ3n) is 4.09. The molecule has 0 atom stereocenters. The first kappa shape index (κ1) is 14.9. The van der Waals surface area contributed by atoms with Crippen LogP contribution in [0.15, 0.2) is 48.2 Å². The number of nitriles is 1. The lowest BCUT2D eigenvalue weighted by molar-refractivity contribution is 0.411. The summed E-state index contributed by atoms with van der Waals surface area (Å²) >= 11 is 0. The van der Waals surface area contributed by atoms with Crippen LogP contribution in [-0.4, -0.2) is 27.5 Å². The van der Waals surface area contributed by atoms with E-state index in [2.05, 4.69) is 9.97 Å². The average Bonchev–Trinajstić information content (AvgIpc) is 3.14. The largest absolute Gasteiger partial charge is 0.509 e. The van der Waals surface area contributed by atoms with Crippen LogP contribution in [0.2, 0.25) is 0 Å². The molecule has 0 unspecified atom stereocenters. The number of aromatic amines is 1. The van der Waals surface area contributed by atoms with Crippen LogP contribution in [0.5, 0.6) is 0 Å². The fourth-order valence-electron chi connectivity index (χ4n) is 2.86. The molecule has 0 aliphatic carbocycles. The second-order valence-electron chi connectivity index (χ2n) is 5.66. The van der Waals surface area contributed by atoms with Gasteiger partial charge in [-0.2, -0.15) is 5.26 Å². The summed E-state index contributed by atoms with van der Waals surface area (Å²) in [5, 5.41) is 27.6. The fraction of sp³-hybridized carbons (Fsp3) is 0.0556. The summed E-state index contributed by atoms with van der Waals surface area (Å²) in [6.45, 7) is 0.130. The summed E-state index contributed by atoms with van der Waals surface area (Å²) in [6.07, 6.45) is 0. The quantitative estimate of drug-likeness (QED) is 0.669. The minimum Gasteiger partial charge on any atom is -0.509 e. The number of halogens is 1. The third kappa shape index (κ3) is 2.40. The van der Waals surface area contributed by atoms with Gasteiger partial charge in [0.15, 0.2) is 0 Å². The molecule has 0 radical (unpaired) electrons. The molecule has 0 fully saturated rings. The molecule has 0 saturated heterocycles. The molecule has 1 aromatic heterocycles. The van der Waals surface area contributed by atoms with Crippen LogP contribution < -0.4 is 4.90 Å². The molecule has 0 amide bonds. The van der Waals surface area contributed by atoms with Crippen molar-refractivity contribution in [1.29, 1.82) is 10.7 Å². The van der Waals surface area contributed by atoms with Gasteiger partial charge in [0.05, 0.1) is 34.8 Å². The third-order valence-corrected chi connectivity index (χ3v) is 4.09. The van der Waals surface area contributed by atoms with Crippen molar-refractivity contribution >= 4 is 28.1 Å². The molecule has 2 aromatic carbocycles. The Bertz CT molecular complexity index is 1080. The number of nitrogens with one attached hydrogen (secondary N) is 2. The minimum atomic E-state index is -0.387. The highest BCUT2D eigenvalue weighted by Gasteiger charge is 2.31. The van der Waals surface area contributed by atoms with E-state index < -0.39 is 0 Å². The lowest BCUT2D eigenvalue weighted by Gasteiger charge is -2.18. The Balaban J connectivity index is 1.71. The number of fused-ring (bicyclic) bond motifs is 1. The van der Waals surface area contributed by atoms with Crippen molar-refractivity contribution in [2.45, 2.75) is 0 Å². The Morgan fingerprint density at radius 3 is 2.72 bits per heavy atom. The van der Waals surface area contributed by atoms with E-state index in [1.165, 1.54) is 12.1 Å². The van der Waals surface area contributed by atoms with E-state index in [-0.39, 0.29) is 29.5 Å². The molecule has 1 aliphatic heterocycles. The Hall–Kier alpha value is -3.66. The van der Waals surface area contributed by atoms with E-state index in [4.69, 9.17) is 10.7 Å². The first-order valence-corrected chi connectivity index (χ1v) is 7.51. The van der Waals surface area contributed by atoms with E-state index >= 15 is 0 Å². The van der Waals surface area contributed by atoms with Gasteiger partial charge in [0, 0.05) is 5.69 Å². The lowest BCUT2D eigenvalue weighted by Crippen LogP contribution is -2.26. The molecule has 25 heavy (non-hydrogen) atoms. The standard InChI is InChI=1S/C18H12FN5O/c19-11-3-6-13-14(7-11)23-18(22-13)16-15(25)9-24(17(16)21)12-4-1-10(8-20)2-5-12/h1-7,21,25H,9H2,(H,22,23). The Kier molecular flexibility index (Phi) is 3.25. The van der Waals surface area contributed by atoms with Crippen LogP contribution >= 0.6 is 0 Å². The first-order chi connectivity index (χ1) is 12.1. The molecule has 122 valence electrons. The topological polar surface area (TPSA) is 99.8 Å². The number of hydrogen-bond acceptors (Lipinski definition) is 4. The number of nitrogens with zero attached hydrogens (tertiary/aromatic N) is 3. The number of benzene rings is 2. The monoisotopic (exact) mass is 333 g/mol. The van der Waals surface area contributed by atoms with Crippen molar-refractivity contribution in [1.82, 2.24) is 9.97 Å². The number of H-pyrrole nitrogens is 1. The van der Waals surface area contributed by atoms with Crippen LogP contribution in [-0.2, 0) is 0 Å². The van der Waals surface area contributed by atoms with Crippen LogP contribution in [0.4, 0.5) is 10.1 Å². The normalized spacial score (nSPS) is 14.4. The van der Waals surface area contributed by atoms with Crippen LogP contribution in [0.25, 0.3) is 16.6 Å². The van der Waals surface area contributed by atoms with E-state index in [9.17, 15) is 9.50 Å². The summed E-state index contributed by atoms with van der Waals surface area (Å²) in [5.74, 6) is 0.0245. The molecular formula is C18H12FN5O. The number of aliphatic hydroxyl groups is 1. The van der Waals surface area contributed by atoms with Gasteiger partial charge in [0.1, 0.15) is 23.2 Å². The van der Waals surface area contributed by atoms with Gasteiger partial charge in [-0.15, -0.1) is 0 Å². The Morgan fingerprint density at radius 2 is 2.00 bits per heavy atom. The van der Waals surface area contributed by atoms with E-state index in [1.54, 1.807) is 35.2 Å². The lowest BCUT2D eigenvalue weighted by atomic mass is 10.2. The number of hydrogen-bond donors (Lipinski definition) is 3. The van der Waals surface area contributed by atoms with E-state index in [0.29, 0.717) is 28.1 Å². The summed E-state index contributed by atoms with van der Waals surface area (Å²) in [6, 6.07) is 13.0. The van der Waals surface area contributed by atoms with Gasteiger partial charge in [-0.1, -0.05) is 0 Å². The second kappa shape index (κ2) is 5.46. The first-order valence-electron chi connectivity index (χ1n) is 7.51. The zero-order valence-corrected chi connectivity index (χ0v) is 12.9. The summed E-state index contributed by atoms with van der Waals surface area (Å²) in [4.78, 5) is 8.90. The average molecular weight is 333 g/mol. The van der Waals surface area contributed by atoms with Crippen molar-refractivity contribution in [3.05, 3.63) is 65.4 Å². The molecule has 2 heterocycles. The molecule has 0 bridgehead atoms. The van der Waals surface area contributed by atoms with Crippen molar-refractivity contribution in [3.8, 4) is 6.07 Å². The van der Waals surface area contributed by atoms with Gasteiger partial charge in [0.25, 0.3) is 0 Å². The highest BCUT2D eigenvalue weighted by molar-refractivity contribution is 6.30. The molecule has 0 spiro atoms. The highest BCUT2D eigenvalue weighted by Crippen LogP contribution is 2.31. The maximum absolute atomic E-state index is 13.3. The number of rotatable bonds is 2. The van der Waals surface area contributed by atoms with Crippen LogP contribution in [0, 0.1) is 22.6 Å². The van der Waals surface area contributed by atoms with Gasteiger partial charge >= 0.3 is 0 Å². The summed E-state index contributed by atoms with van der Waals surface area (Å²) in [5.41, 5.74) is 2.54. The van der Waals surface area contributed by atoms with Gasteiger partial charge in [-0.3, -0.25) is 5.41 Å². The van der Waals surface area contributed by atoms with E-state index in [1.807, 2.05) is 6.07 Å². The van der Waals surface area contributed by atoms with E-state index in [0.717, 1.165) is 0 Å². The number of aliphatic hydroxyl groups excluding tert-OH is 1. The Morgan fingerprint density at radius 1 is 1.24 bits per heavy atom. The molecule has 4 rings (SSSR count). The SMILES string of the molecule is N#Cc1ccc(N2CC(O)=C(c3nc4ccc(F)cc4[nH]3)C2=N)cc1. The number of anilines is 1. The number of amidine groups is 1. The summed E-state index contributed by atoms with van der Waals surface area (Å²) in [7, 11) is 0. The maximum atomic E-state index is 13.3. The van der Waals surface area contributed by atoms with Crippen molar-refractivity contribution in [3.63, 3.8) is 0 Å². The smallest absolute Gasteiger partial charge is 0.145 e. The van der Waals surface area contributed by atoms with Gasteiger partial charge in [-0.05, 0) is 42.5 Å². The number of imidazole rings is 1.